The van der Waals surface area contributed by atoms with Gasteiger partial charge in [-0.25, -0.2) is 9.97 Å². The molecule has 2 rings (SSSR count). The van der Waals surface area contributed by atoms with Crippen molar-refractivity contribution in [2.24, 2.45) is 0 Å². The van der Waals surface area contributed by atoms with E-state index in [1.54, 1.807) is 0 Å². The number of rotatable bonds is 0. The zero-order valence-electron chi connectivity index (χ0n) is 4.87. The van der Waals surface area contributed by atoms with Gasteiger partial charge in [-0.05, 0) is 0 Å². The summed E-state index contributed by atoms with van der Waals surface area (Å²) in [5.41, 5.74) is 0.829. The van der Waals surface area contributed by atoms with Crippen molar-refractivity contribution in [3.8, 4) is 0 Å². The number of aromatic amines is 2. The highest BCUT2D eigenvalue weighted by atomic mass is 16.7. The lowest BCUT2D eigenvalue weighted by atomic mass is 10.7. The summed E-state index contributed by atoms with van der Waals surface area (Å²) in [5.74, 6) is 0. The summed E-state index contributed by atoms with van der Waals surface area (Å²) in [5, 5.41) is 4.58. The molecule has 0 amide bonds. The summed E-state index contributed by atoms with van der Waals surface area (Å²) >= 11 is 0. The van der Waals surface area contributed by atoms with Gasteiger partial charge in [0.1, 0.15) is 0 Å². The van der Waals surface area contributed by atoms with Crippen LogP contribution in [0.15, 0.2) is 21.5 Å². The van der Waals surface area contributed by atoms with E-state index >= 15 is 0 Å². The van der Waals surface area contributed by atoms with Crippen LogP contribution in [0.2, 0.25) is 0 Å². The Bertz CT molecular complexity index is 286. The minimum Gasteiger partial charge on any atom is -0.325 e. The van der Waals surface area contributed by atoms with Crippen molar-refractivity contribution in [1.29, 1.82) is 0 Å². The molecule has 2 aromatic heterocycles. The Morgan fingerprint density at radius 3 is 3.10 bits per heavy atom. The highest BCUT2D eigenvalue weighted by Gasteiger charge is 1.93. The second kappa shape index (κ2) is 1.90. The first-order valence-electron chi connectivity index (χ1n) is 2.61. The number of hydrogen-bond donors (Lipinski definition) is 2. The highest BCUT2D eigenvalue weighted by Crippen LogP contribution is 1.98. The predicted octanol–water partition coefficient (Wildman–Crippen LogP) is 0.596. The SMILES string of the molecule is c1cnc2o[nH]o[nH]c2n1. The van der Waals surface area contributed by atoms with Crippen LogP contribution in [0.4, 0.5) is 0 Å². The molecule has 6 nitrogen and oxygen atoms in total. The molecule has 0 unspecified atom stereocenters. The molecule has 0 radical (unpaired) electrons. The Morgan fingerprint density at radius 2 is 2.20 bits per heavy atom. The summed E-state index contributed by atoms with van der Waals surface area (Å²) in [4.78, 5) is 7.69. The zero-order chi connectivity index (χ0) is 6.81. The molecule has 0 spiro atoms. The number of nitrogens with one attached hydrogen (secondary N) is 2. The summed E-state index contributed by atoms with van der Waals surface area (Å²) < 4.78 is 9.19. The number of H-pyrrole nitrogens is 2. The van der Waals surface area contributed by atoms with Gasteiger partial charge in [-0.1, -0.05) is 5.33 Å². The third-order valence-corrected chi connectivity index (χ3v) is 0.992. The zero-order valence-corrected chi connectivity index (χ0v) is 4.87. The van der Waals surface area contributed by atoms with Crippen molar-refractivity contribution in [3.05, 3.63) is 12.4 Å². The molecule has 0 fully saturated rings. The fraction of sp³-hybridized carbons (Fsp3) is 0. The largest absolute Gasteiger partial charge is 0.325 e. The van der Waals surface area contributed by atoms with E-state index in [2.05, 4.69) is 25.1 Å². The van der Waals surface area contributed by atoms with Gasteiger partial charge in [0.05, 0.1) is 0 Å². The van der Waals surface area contributed by atoms with Gasteiger partial charge in [0, 0.05) is 12.4 Å². The number of fused-ring (bicyclic) bond motifs is 1. The van der Waals surface area contributed by atoms with Gasteiger partial charge in [0.15, 0.2) is 0 Å². The van der Waals surface area contributed by atoms with E-state index in [1.807, 2.05) is 0 Å². The van der Waals surface area contributed by atoms with Crippen LogP contribution in [-0.2, 0) is 0 Å². The first-order chi connectivity index (χ1) is 4.97. The van der Waals surface area contributed by atoms with Gasteiger partial charge < -0.3 is 4.52 Å². The molecule has 0 saturated heterocycles. The van der Waals surface area contributed by atoms with Crippen LogP contribution in [0, 0.1) is 0 Å². The van der Waals surface area contributed by atoms with E-state index in [0.717, 1.165) is 0 Å². The normalized spacial score (nSPS) is 10.0. The average molecular weight is 140 g/mol. The summed E-state index contributed by atoms with van der Waals surface area (Å²) in [6, 6.07) is 0. The summed E-state index contributed by atoms with van der Waals surface area (Å²) in [7, 11) is 0. The van der Waals surface area contributed by atoms with Crippen molar-refractivity contribution in [2.45, 2.75) is 0 Å². The van der Waals surface area contributed by atoms with E-state index < -0.39 is 0 Å². The van der Waals surface area contributed by atoms with Crippen molar-refractivity contribution in [1.82, 2.24) is 20.5 Å². The Labute approximate surface area is 54.5 Å². The Kier molecular flexibility index (Phi) is 0.970. The maximum Gasteiger partial charge on any atom is 0.295 e. The van der Waals surface area contributed by atoms with Gasteiger partial charge in [0.25, 0.3) is 5.71 Å². The molecule has 0 saturated carbocycles. The lowest BCUT2D eigenvalue weighted by molar-refractivity contribution is 0.139. The van der Waals surface area contributed by atoms with Crippen LogP contribution in [0.1, 0.15) is 0 Å². The molecule has 0 aliphatic heterocycles. The van der Waals surface area contributed by atoms with Gasteiger partial charge in [-0.2, -0.15) is 5.16 Å². The third kappa shape index (κ3) is 0.661. The van der Waals surface area contributed by atoms with E-state index in [-0.39, 0.29) is 0 Å². The molecule has 0 aliphatic carbocycles. The minimum absolute atomic E-state index is 0.369. The fourth-order valence-electron chi connectivity index (χ4n) is 0.599. The van der Waals surface area contributed by atoms with E-state index in [9.17, 15) is 0 Å². The van der Waals surface area contributed by atoms with Crippen molar-refractivity contribution in [3.63, 3.8) is 0 Å². The van der Waals surface area contributed by atoms with Gasteiger partial charge in [0.2, 0.25) is 5.65 Å². The van der Waals surface area contributed by atoms with Gasteiger partial charge >= 0.3 is 0 Å². The Balaban J connectivity index is 2.89. The lowest BCUT2D eigenvalue weighted by Crippen LogP contribution is -1.85. The molecule has 0 aromatic carbocycles. The maximum absolute atomic E-state index is 4.72. The Hall–Kier alpha value is -1.72. The van der Waals surface area contributed by atoms with Gasteiger partial charge in [-0.15, -0.1) is 0 Å². The van der Waals surface area contributed by atoms with Crippen LogP contribution in [-0.4, -0.2) is 20.5 Å². The van der Waals surface area contributed by atoms with Crippen molar-refractivity contribution in [2.75, 3.05) is 0 Å². The molecule has 52 valence electrons. The van der Waals surface area contributed by atoms with Crippen LogP contribution in [0.5, 0.6) is 0 Å². The van der Waals surface area contributed by atoms with Gasteiger partial charge in [-0.3, -0.25) is 4.63 Å². The van der Waals surface area contributed by atoms with E-state index in [0.29, 0.717) is 11.4 Å². The predicted molar refractivity (Wildman–Crippen MR) is 30.4 cm³/mol. The molecular weight excluding hydrogens is 136 g/mol. The molecule has 2 heterocycles. The summed E-state index contributed by atoms with van der Waals surface area (Å²) in [6.45, 7) is 0. The minimum atomic E-state index is 0.369. The molecule has 0 bridgehead atoms. The fourth-order valence-corrected chi connectivity index (χ4v) is 0.599. The van der Waals surface area contributed by atoms with Crippen LogP contribution in [0.3, 0.4) is 0 Å². The van der Waals surface area contributed by atoms with Crippen LogP contribution in [0.25, 0.3) is 11.4 Å². The van der Waals surface area contributed by atoms with Crippen molar-refractivity contribution >= 4 is 11.4 Å². The molecule has 10 heavy (non-hydrogen) atoms. The van der Waals surface area contributed by atoms with E-state index in [4.69, 9.17) is 4.52 Å². The molecular formula is C4H4N4O2. The monoisotopic (exact) mass is 140 g/mol. The quantitative estimate of drug-likeness (QED) is 0.561. The molecule has 2 N–H and O–H groups in total. The lowest BCUT2D eigenvalue weighted by Gasteiger charge is -1.90. The molecule has 2 aromatic rings. The van der Waals surface area contributed by atoms with E-state index in [1.165, 1.54) is 12.4 Å². The maximum atomic E-state index is 4.72. The second-order valence-electron chi connectivity index (χ2n) is 1.60. The Morgan fingerprint density at radius 1 is 1.30 bits per heavy atom. The first-order valence-corrected chi connectivity index (χ1v) is 2.61. The standard InChI is InChI=1S/C4H4N4O2/c1-2-6-4-3(5-1)7-10-8-9-4/h1-2,8H,(H,5,7). The number of aromatic nitrogens is 4. The van der Waals surface area contributed by atoms with Crippen LogP contribution < -0.4 is 0 Å². The molecule has 6 heteroatoms. The molecule has 0 atom stereocenters. The second-order valence-corrected chi connectivity index (χ2v) is 1.60. The third-order valence-electron chi connectivity index (χ3n) is 0.992. The molecule has 0 aliphatic rings. The van der Waals surface area contributed by atoms with Crippen LogP contribution >= 0.6 is 0 Å². The number of hydrogen-bond acceptors (Lipinski definition) is 4. The summed E-state index contributed by atoms with van der Waals surface area (Å²) in [6.07, 6.45) is 3.05. The highest BCUT2D eigenvalue weighted by molar-refractivity contribution is 5.58. The first kappa shape index (κ1) is 5.10. The number of nitrogens with zero attached hydrogens (tertiary/aromatic N) is 2. The topological polar surface area (TPSA) is 83.6 Å². The van der Waals surface area contributed by atoms with Crippen molar-refractivity contribution < 1.29 is 9.15 Å². The average Bonchev–Trinajstić information content (AvgIpc) is 2.05. The smallest absolute Gasteiger partial charge is 0.295 e.